The quantitative estimate of drug-likeness (QED) is 0.481. The summed E-state index contributed by atoms with van der Waals surface area (Å²) in [6, 6.07) is 8.92. The molecule has 0 aliphatic heterocycles. The van der Waals surface area contributed by atoms with E-state index in [0.29, 0.717) is 10.9 Å². The molecule has 0 unspecified atom stereocenters. The van der Waals surface area contributed by atoms with Crippen LogP contribution in [0.2, 0.25) is 0 Å². The number of carbonyl (C=O) groups is 1. The lowest BCUT2D eigenvalue weighted by Gasteiger charge is -2.12. The molecule has 0 spiro atoms. The molecule has 150 valence electrons. The maximum atomic E-state index is 15.4. The fraction of sp³-hybridized carbons (Fsp3) is 0.182. The molecule has 3 heterocycles. The molecular weight excluding hydrogens is 383 g/mol. The number of pyridine rings is 2. The van der Waals surface area contributed by atoms with Crippen molar-refractivity contribution < 1.29 is 9.18 Å². The lowest BCUT2D eigenvalue weighted by molar-refractivity contribution is -0.117. The van der Waals surface area contributed by atoms with Crippen LogP contribution in [0.1, 0.15) is 23.5 Å². The van der Waals surface area contributed by atoms with Crippen LogP contribution in [-0.4, -0.2) is 26.1 Å². The van der Waals surface area contributed by atoms with E-state index in [2.05, 4.69) is 25.5 Å². The van der Waals surface area contributed by atoms with Gasteiger partial charge >= 0.3 is 0 Å². The summed E-state index contributed by atoms with van der Waals surface area (Å²) in [6.07, 6.45) is 5.72. The van der Waals surface area contributed by atoms with Crippen LogP contribution in [0, 0.1) is 18.7 Å². The van der Waals surface area contributed by atoms with Gasteiger partial charge in [0.1, 0.15) is 17.3 Å². The van der Waals surface area contributed by atoms with E-state index in [1.54, 1.807) is 18.5 Å². The average molecular weight is 402 g/mol. The highest BCUT2D eigenvalue weighted by molar-refractivity contribution is 5.99. The van der Waals surface area contributed by atoms with Crippen molar-refractivity contribution in [3.8, 4) is 11.3 Å². The number of amides is 1. The molecule has 1 saturated carbocycles. The molecule has 0 saturated heterocycles. The summed E-state index contributed by atoms with van der Waals surface area (Å²) < 4.78 is 15.4. The van der Waals surface area contributed by atoms with Gasteiger partial charge in [-0.2, -0.15) is 5.10 Å². The number of rotatable bonds is 4. The summed E-state index contributed by atoms with van der Waals surface area (Å²) in [7, 11) is 0. The molecule has 4 N–H and O–H groups in total. The van der Waals surface area contributed by atoms with Gasteiger partial charge in [-0.05, 0) is 36.5 Å². The molecule has 1 fully saturated rings. The van der Waals surface area contributed by atoms with Crippen LogP contribution in [0.5, 0.6) is 0 Å². The normalized spacial score (nSPS) is 17.8. The Morgan fingerprint density at radius 3 is 2.87 bits per heavy atom. The van der Waals surface area contributed by atoms with Gasteiger partial charge in [0.25, 0.3) is 0 Å². The second kappa shape index (κ2) is 6.91. The molecule has 0 bridgehead atoms. The predicted octanol–water partition coefficient (Wildman–Crippen LogP) is 3.79. The summed E-state index contributed by atoms with van der Waals surface area (Å²) in [5.74, 6) is -0.157. The molecule has 30 heavy (non-hydrogen) atoms. The summed E-state index contributed by atoms with van der Waals surface area (Å²) in [4.78, 5) is 21.1. The van der Waals surface area contributed by atoms with Crippen LogP contribution in [0.3, 0.4) is 0 Å². The molecular formula is C22H19FN6O. The highest BCUT2D eigenvalue weighted by Gasteiger charge is 2.44. The summed E-state index contributed by atoms with van der Waals surface area (Å²) in [5.41, 5.74) is 8.84. The average Bonchev–Trinajstić information content (AvgIpc) is 3.36. The number of hydrogen-bond donors (Lipinski definition) is 3. The molecule has 8 heteroatoms. The maximum Gasteiger partial charge on any atom is 0.229 e. The molecule has 1 amide bonds. The van der Waals surface area contributed by atoms with Gasteiger partial charge < -0.3 is 11.1 Å². The SMILES string of the molecule is Cc1ccccc1-c1nc(N)c2cnc(NC(=O)[C@@H]3C[C@H]3c3cn[nH]c3)cc2c1F. The minimum atomic E-state index is -0.492. The zero-order valence-corrected chi connectivity index (χ0v) is 16.2. The van der Waals surface area contributed by atoms with E-state index in [4.69, 9.17) is 5.73 Å². The molecule has 1 aromatic carbocycles. The Morgan fingerprint density at radius 1 is 1.27 bits per heavy atom. The standard InChI is InChI=1S/C22H19FN6O/c1-11-4-2-3-5-13(11)20-19(23)15-7-18(25-10-17(15)21(24)29-20)28-22(30)16-6-14(16)12-8-26-27-9-12/h2-5,7-10,14,16H,6H2,1H3,(H2,24,29)(H,26,27)(H,25,28,30)/t14-,16+/m0/s1. The van der Waals surface area contributed by atoms with Crippen molar-refractivity contribution >= 4 is 28.3 Å². The Hall–Kier alpha value is -3.81. The number of nitrogens with one attached hydrogen (secondary N) is 2. The van der Waals surface area contributed by atoms with Crippen molar-refractivity contribution in [3.63, 3.8) is 0 Å². The molecule has 1 aliphatic carbocycles. The third kappa shape index (κ3) is 3.06. The lowest BCUT2D eigenvalue weighted by atomic mass is 10.0. The summed E-state index contributed by atoms with van der Waals surface area (Å²) in [6.45, 7) is 1.89. The van der Waals surface area contributed by atoms with Crippen LogP contribution in [0.15, 0.2) is 48.9 Å². The first kappa shape index (κ1) is 18.2. The topological polar surface area (TPSA) is 110 Å². The van der Waals surface area contributed by atoms with E-state index in [0.717, 1.165) is 17.5 Å². The minimum absolute atomic E-state index is 0.144. The van der Waals surface area contributed by atoms with Crippen molar-refractivity contribution in [3.05, 3.63) is 65.9 Å². The number of hydrogen-bond acceptors (Lipinski definition) is 5. The number of aromatic nitrogens is 4. The number of H-pyrrole nitrogens is 1. The van der Waals surface area contributed by atoms with Crippen LogP contribution in [0.25, 0.3) is 22.0 Å². The Kier molecular flexibility index (Phi) is 4.20. The molecule has 2 atom stereocenters. The van der Waals surface area contributed by atoms with Gasteiger partial charge in [-0.3, -0.25) is 9.89 Å². The Morgan fingerprint density at radius 2 is 2.10 bits per heavy atom. The van der Waals surface area contributed by atoms with Crippen molar-refractivity contribution in [1.82, 2.24) is 20.2 Å². The first-order valence-electron chi connectivity index (χ1n) is 9.63. The first-order chi connectivity index (χ1) is 14.5. The van der Waals surface area contributed by atoms with Crippen LogP contribution in [0.4, 0.5) is 16.0 Å². The number of halogens is 1. The minimum Gasteiger partial charge on any atom is -0.383 e. The monoisotopic (exact) mass is 402 g/mol. The highest BCUT2D eigenvalue weighted by atomic mass is 19.1. The Bertz CT molecular complexity index is 1270. The van der Waals surface area contributed by atoms with Gasteiger partial charge in [0, 0.05) is 34.6 Å². The van der Waals surface area contributed by atoms with Gasteiger partial charge in [0.2, 0.25) is 5.91 Å². The van der Waals surface area contributed by atoms with E-state index in [9.17, 15) is 4.79 Å². The third-order valence-electron chi connectivity index (χ3n) is 5.58. The fourth-order valence-corrected chi connectivity index (χ4v) is 3.82. The van der Waals surface area contributed by atoms with Crippen molar-refractivity contribution in [2.24, 2.45) is 5.92 Å². The number of nitrogens with zero attached hydrogens (tertiary/aromatic N) is 3. The molecule has 0 radical (unpaired) electrons. The highest BCUT2D eigenvalue weighted by Crippen LogP contribution is 2.47. The Balaban J connectivity index is 1.47. The number of anilines is 2. The number of benzene rings is 1. The molecule has 7 nitrogen and oxygen atoms in total. The van der Waals surface area contributed by atoms with Gasteiger partial charge in [-0.1, -0.05) is 24.3 Å². The van der Waals surface area contributed by atoms with E-state index in [-0.39, 0.29) is 40.5 Å². The molecule has 4 aromatic rings. The lowest BCUT2D eigenvalue weighted by Crippen LogP contribution is -2.15. The molecule has 1 aliphatic rings. The van der Waals surface area contributed by atoms with E-state index in [1.165, 1.54) is 12.3 Å². The zero-order valence-electron chi connectivity index (χ0n) is 16.2. The Labute approximate surface area is 171 Å². The van der Waals surface area contributed by atoms with Crippen molar-refractivity contribution in [2.45, 2.75) is 19.3 Å². The predicted molar refractivity (Wildman–Crippen MR) is 112 cm³/mol. The second-order valence-electron chi connectivity index (χ2n) is 7.56. The number of aromatic amines is 1. The fourth-order valence-electron chi connectivity index (χ4n) is 3.82. The van der Waals surface area contributed by atoms with Crippen molar-refractivity contribution in [1.29, 1.82) is 0 Å². The first-order valence-corrected chi connectivity index (χ1v) is 9.63. The van der Waals surface area contributed by atoms with Gasteiger partial charge in [-0.25, -0.2) is 14.4 Å². The maximum absolute atomic E-state index is 15.4. The van der Waals surface area contributed by atoms with Crippen LogP contribution >= 0.6 is 0 Å². The van der Waals surface area contributed by atoms with E-state index in [1.807, 2.05) is 25.1 Å². The zero-order chi connectivity index (χ0) is 20.8. The van der Waals surface area contributed by atoms with E-state index >= 15 is 4.39 Å². The number of fused-ring (bicyclic) bond motifs is 1. The largest absolute Gasteiger partial charge is 0.383 e. The summed E-state index contributed by atoms with van der Waals surface area (Å²) in [5, 5.41) is 10.2. The van der Waals surface area contributed by atoms with E-state index < -0.39 is 5.82 Å². The molecule has 5 rings (SSSR count). The number of nitrogens with two attached hydrogens (primary N) is 1. The van der Waals surface area contributed by atoms with Gasteiger partial charge in [0.15, 0.2) is 5.82 Å². The second-order valence-corrected chi connectivity index (χ2v) is 7.56. The molecule has 3 aromatic heterocycles. The van der Waals surface area contributed by atoms with Crippen molar-refractivity contribution in [2.75, 3.05) is 11.1 Å². The third-order valence-corrected chi connectivity index (χ3v) is 5.58. The number of aryl methyl sites for hydroxylation is 1. The van der Waals surface area contributed by atoms with Crippen LogP contribution in [-0.2, 0) is 4.79 Å². The number of nitrogen functional groups attached to an aromatic ring is 1. The van der Waals surface area contributed by atoms with Gasteiger partial charge in [-0.15, -0.1) is 0 Å². The van der Waals surface area contributed by atoms with Crippen LogP contribution < -0.4 is 11.1 Å². The summed E-state index contributed by atoms with van der Waals surface area (Å²) >= 11 is 0. The number of carbonyl (C=O) groups excluding carboxylic acids is 1. The van der Waals surface area contributed by atoms with Gasteiger partial charge in [0.05, 0.1) is 6.20 Å². The smallest absolute Gasteiger partial charge is 0.229 e.